The Kier molecular flexibility index (Phi) is 4.34. The molecule has 0 spiro atoms. The lowest BCUT2D eigenvalue weighted by Gasteiger charge is -2.09. The minimum absolute atomic E-state index is 0.0162. The van der Waals surface area contributed by atoms with Gasteiger partial charge in [-0.15, -0.1) is 11.3 Å². The number of carbonyl (C=O) groups is 1. The minimum atomic E-state index is -4.58. The fourth-order valence-corrected chi connectivity index (χ4v) is 3.48. The van der Waals surface area contributed by atoms with Gasteiger partial charge >= 0.3 is 6.18 Å². The first-order valence-corrected chi connectivity index (χ1v) is 8.03. The molecule has 0 aliphatic heterocycles. The summed E-state index contributed by atoms with van der Waals surface area (Å²) in [7, 11) is 0. The first-order chi connectivity index (χ1) is 11.8. The van der Waals surface area contributed by atoms with Crippen molar-refractivity contribution in [3.8, 4) is 0 Å². The molecule has 0 saturated carbocycles. The van der Waals surface area contributed by atoms with Gasteiger partial charge in [-0.25, -0.2) is 4.98 Å². The maximum atomic E-state index is 13.3. The second-order valence-corrected chi connectivity index (χ2v) is 6.38. The molecule has 0 aliphatic rings. The second-order valence-electron chi connectivity index (χ2n) is 5.38. The van der Waals surface area contributed by atoms with Crippen LogP contribution in [0.1, 0.15) is 26.5 Å². The molecule has 3 heterocycles. The van der Waals surface area contributed by atoms with Crippen molar-refractivity contribution < 1.29 is 18.0 Å². The van der Waals surface area contributed by atoms with Crippen molar-refractivity contribution in [1.82, 2.24) is 15.3 Å². The zero-order valence-corrected chi connectivity index (χ0v) is 13.8. The number of thiophene rings is 1. The number of carbonyl (C=O) groups excluding carboxylic acids is 1. The van der Waals surface area contributed by atoms with E-state index < -0.39 is 17.6 Å². The lowest BCUT2D eigenvalue weighted by atomic mass is 10.1. The topological polar surface area (TPSA) is 80.9 Å². The van der Waals surface area contributed by atoms with Gasteiger partial charge in [-0.2, -0.15) is 13.2 Å². The molecule has 3 rings (SSSR count). The van der Waals surface area contributed by atoms with E-state index in [1.165, 1.54) is 6.92 Å². The van der Waals surface area contributed by atoms with Crippen molar-refractivity contribution >= 4 is 33.1 Å². The van der Waals surface area contributed by atoms with Crippen molar-refractivity contribution in [2.75, 3.05) is 5.73 Å². The Hall–Kier alpha value is -2.68. The van der Waals surface area contributed by atoms with Crippen LogP contribution in [-0.2, 0) is 12.7 Å². The fourth-order valence-electron chi connectivity index (χ4n) is 2.40. The lowest BCUT2D eigenvalue weighted by molar-refractivity contribution is -0.136. The van der Waals surface area contributed by atoms with Gasteiger partial charge in [0.25, 0.3) is 5.91 Å². The monoisotopic (exact) mass is 366 g/mol. The van der Waals surface area contributed by atoms with E-state index in [-0.39, 0.29) is 33.0 Å². The highest BCUT2D eigenvalue weighted by Gasteiger charge is 2.35. The van der Waals surface area contributed by atoms with Gasteiger partial charge in [-0.05, 0) is 24.6 Å². The van der Waals surface area contributed by atoms with E-state index in [4.69, 9.17) is 5.73 Å². The van der Waals surface area contributed by atoms with Crippen molar-refractivity contribution in [2.45, 2.75) is 19.6 Å². The van der Waals surface area contributed by atoms with E-state index in [0.717, 1.165) is 23.0 Å². The Morgan fingerprint density at radius 3 is 2.80 bits per heavy atom. The van der Waals surface area contributed by atoms with Crippen LogP contribution in [0.2, 0.25) is 0 Å². The molecule has 1 amide bonds. The second kappa shape index (κ2) is 6.32. The number of hydrogen-bond donors (Lipinski definition) is 2. The Morgan fingerprint density at radius 1 is 1.40 bits per heavy atom. The van der Waals surface area contributed by atoms with E-state index in [1.54, 1.807) is 24.5 Å². The van der Waals surface area contributed by atoms with Gasteiger partial charge in [-0.1, -0.05) is 6.07 Å². The zero-order valence-electron chi connectivity index (χ0n) is 13.0. The number of halogens is 3. The van der Waals surface area contributed by atoms with Gasteiger partial charge in [-0.3, -0.25) is 9.78 Å². The predicted molar refractivity (Wildman–Crippen MR) is 89.2 cm³/mol. The van der Waals surface area contributed by atoms with E-state index in [2.05, 4.69) is 15.3 Å². The summed E-state index contributed by atoms with van der Waals surface area (Å²) >= 11 is 0.848. The van der Waals surface area contributed by atoms with Crippen LogP contribution in [0.15, 0.2) is 30.6 Å². The summed E-state index contributed by atoms with van der Waals surface area (Å²) in [5.74, 6) is -0.546. The Morgan fingerprint density at radius 2 is 2.16 bits per heavy atom. The number of aryl methyl sites for hydroxylation is 1. The summed E-state index contributed by atoms with van der Waals surface area (Å²) in [5, 5.41) is 2.41. The molecule has 0 unspecified atom stereocenters. The quantitative estimate of drug-likeness (QED) is 0.743. The van der Waals surface area contributed by atoms with Crippen LogP contribution in [-0.4, -0.2) is 15.9 Å². The number of anilines is 1. The van der Waals surface area contributed by atoms with E-state index >= 15 is 0 Å². The van der Waals surface area contributed by atoms with Crippen LogP contribution < -0.4 is 11.1 Å². The van der Waals surface area contributed by atoms with Gasteiger partial charge in [0.05, 0.1) is 11.3 Å². The SMILES string of the molecule is Cc1cc(C(F)(F)F)c2c(N)c(C(=O)NCc3cccnc3)sc2n1. The third kappa shape index (κ3) is 3.41. The van der Waals surface area contributed by atoms with Gasteiger partial charge in [0.1, 0.15) is 9.71 Å². The van der Waals surface area contributed by atoms with Gasteiger partial charge in [0.15, 0.2) is 0 Å². The molecule has 9 heteroatoms. The minimum Gasteiger partial charge on any atom is -0.397 e. The van der Waals surface area contributed by atoms with Crippen molar-refractivity contribution in [3.63, 3.8) is 0 Å². The molecule has 0 bridgehead atoms. The molecule has 0 radical (unpaired) electrons. The molecule has 5 nitrogen and oxygen atoms in total. The van der Waals surface area contributed by atoms with Gasteiger partial charge in [0.2, 0.25) is 0 Å². The number of pyridine rings is 2. The van der Waals surface area contributed by atoms with Crippen molar-refractivity contribution in [2.24, 2.45) is 0 Å². The van der Waals surface area contributed by atoms with Gasteiger partial charge in [0, 0.05) is 30.0 Å². The molecule has 3 aromatic heterocycles. The highest BCUT2D eigenvalue weighted by atomic mass is 32.1. The molecule has 3 N–H and O–H groups in total. The van der Waals surface area contributed by atoms with E-state index in [0.29, 0.717) is 0 Å². The largest absolute Gasteiger partial charge is 0.417 e. The first-order valence-electron chi connectivity index (χ1n) is 7.21. The number of fused-ring (bicyclic) bond motifs is 1. The number of amides is 1. The number of rotatable bonds is 3. The lowest BCUT2D eigenvalue weighted by Crippen LogP contribution is -2.22. The number of hydrogen-bond acceptors (Lipinski definition) is 5. The third-order valence-electron chi connectivity index (χ3n) is 3.51. The molecule has 0 aromatic carbocycles. The van der Waals surface area contributed by atoms with Gasteiger partial charge < -0.3 is 11.1 Å². The highest BCUT2D eigenvalue weighted by Crippen LogP contribution is 2.42. The van der Waals surface area contributed by atoms with E-state index in [9.17, 15) is 18.0 Å². The normalized spacial score (nSPS) is 11.7. The molecule has 3 aromatic rings. The van der Waals surface area contributed by atoms with Crippen LogP contribution >= 0.6 is 11.3 Å². The molecular formula is C16H13F3N4OS. The first kappa shape index (κ1) is 17.2. The number of nitrogen functional groups attached to an aromatic ring is 1. The van der Waals surface area contributed by atoms with Crippen molar-refractivity contribution in [1.29, 1.82) is 0 Å². The molecule has 0 saturated heterocycles. The number of nitrogens with one attached hydrogen (secondary N) is 1. The predicted octanol–water partition coefficient (Wildman–Crippen LogP) is 3.53. The van der Waals surface area contributed by atoms with Crippen LogP contribution in [0.3, 0.4) is 0 Å². The Labute approximate surface area is 144 Å². The Bertz CT molecular complexity index is 938. The molecule has 0 atom stereocenters. The molecule has 25 heavy (non-hydrogen) atoms. The van der Waals surface area contributed by atoms with Crippen LogP contribution in [0.5, 0.6) is 0 Å². The number of nitrogens with zero attached hydrogens (tertiary/aromatic N) is 2. The summed E-state index contributed by atoms with van der Waals surface area (Å²) in [6, 6.07) is 4.43. The zero-order chi connectivity index (χ0) is 18.2. The highest BCUT2D eigenvalue weighted by molar-refractivity contribution is 7.21. The van der Waals surface area contributed by atoms with E-state index in [1.807, 2.05) is 0 Å². The maximum Gasteiger partial charge on any atom is 0.417 e. The average molecular weight is 366 g/mol. The fraction of sp³-hybridized carbons (Fsp3) is 0.188. The average Bonchev–Trinajstić information content (AvgIpc) is 2.88. The smallest absolute Gasteiger partial charge is 0.397 e. The summed E-state index contributed by atoms with van der Waals surface area (Å²) in [5.41, 5.74) is 5.74. The summed E-state index contributed by atoms with van der Waals surface area (Å²) < 4.78 is 39.8. The molecular weight excluding hydrogens is 353 g/mol. The van der Waals surface area contributed by atoms with Crippen LogP contribution in [0.4, 0.5) is 18.9 Å². The van der Waals surface area contributed by atoms with Crippen LogP contribution in [0.25, 0.3) is 10.2 Å². The van der Waals surface area contributed by atoms with Crippen molar-refractivity contribution in [3.05, 3.63) is 52.3 Å². The summed E-state index contributed by atoms with van der Waals surface area (Å²) in [4.78, 5) is 20.5. The van der Waals surface area contributed by atoms with Crippen LogP contribution in [0, 0.1) is 6.92 Å². The number of nitrogens with two attached hydrogens (primary N) is 1. The number of aromatic nitrogens is 2. The summed E-state index contributed by atoms with van der Waals surface area (Å²) in [6.45, 7) is 1.66. The summed E-state index contributed by atoms with van der Waals surface area (Å²) in [6.07, 6.45) is -1.40. The molecule has 130 valence electrons. The molecule has 0 fully saturated rings. The molecule has 0 aliphatic carbocycles. The standard InChI is InChI=1S/C16H13F3N4OS/c1-8-5-10(16(17,18)19)11-12(20)13(25-15(11)23-8)14(24)22-7-9-3-2-4-21-6-9/h2-6H,7,20H2,1H3,(H,22,24). The maximum absolute atomic E-state index is 13.3. The third-order valence-corrected chi connectivity index (χ3v) is 4.61. The Balaban J connectivity index is 1.97. The number of alkyl halides is 3.